The van der Waals surface area contributed by atoms with Gasteiger partial charge in [-0.15, -0.1) is 0 Å². The number of aromatic nitrogens is 1. The van der Waals surface area contributed by atoms with Crippen LogP contribution in [-0.4, -0.2) is 10.5 Å². The van der Waals surface area contributed by atoms with Gasteiger partial charge in [0, 0.05) is 17.3 Å². The fraction of sp³-hybridized carbons (Fsp3) is 0.250. The molecule has 2 rings (SSSR count). The van der Waals surface area contributed by atoms with E-state index in [1.165, 1.54) is 10.6 Å². The molecule has 0 radical (unpaired) electrons. The normalized spacial score (nSPS) is 11.9. The molecule has 0 saturated carbocycles. The molecule has 0 aliphatic heterocycles. The molecule has 0 bridgehead atoms. The summed E-state index contributed by atoms with van der Waals surface area (Å²) in [5, 5.41) is 3.60. The van der Waals surface area contributed by atoms with Crippen LogP contribution in [0, 0.1) is 0 Å². The summed E-state index contributed by atoms with van der Waals surface area (Å²) >= 11 is 5.86. The number of halogens is 1. The zero-order valence-corrected chi connectivity index (χ0v) is 12.5. The molecule has 0 unspecified atom stereocenters. The third-order valence-electron chi connectivity index (χ3n) is 3.23. The number of nitrogens with zero attached hydrogens (tertiary/aromatic N) is 1. The van der Waals surface area contributed by atoms with Crippen LogP contribution in [0.15, 0.2) is 53.5 Å². The average molecular weight is 305 g/mol. The van der Waals surface area contributed by atoms with Crippen LogP contribution in [0.1, 0.15) is 24.9 Å². The summed E-state index contributed by atoms with van der Waals surface area (Å²) in [5.41, 5.74) is 0.808. The van der Waals surface area contributed by atoms with Crippen molar-refractivity contribution in [1.29, 1.82) is 0 Å². The molecule has 2 aromatic rings. The van der Waals surface area contributed by atoms with E-state index in [0.717, 1.165) is 12.0 Å². The lowest BCUT2D eigenvalue weighted by Gasteiger charge is -2.18. The maximum atomic E-state index is 12.1. The topological polar surface area (TPSA) is 51.1 Å². The highest BCUT2D eigenvalue weighted by Gasteiger charge is 2.13. The Morgan fingerprint density at radius 1 is 1.24 bits per heavy atom. The molecule has 0 saturated heterocycles. The largest absolute Gasteiger partial charge is 0.348 e. The molecule has 1 aromatic heterocycles. The maximum absolute atomic E-state index is 12.1. The zero-order chi connectivity index (χ0) is 15.2. The summed E-state index contributed by atoms with van der Waals surface area (Å²) in [6, 6.07) is 12.1. The van der Waals surface area contributed by atoms with Crippen LogP contribution in [0.2, 0.25) is 5.02 Å². The van der Waals surface area contributed by atoms with Crippen molar-refractivity contribution >= 4 is 17.5 Å². The van der Waals surface area contributed by atoms with Crippen molar-refractivity contribution in [2.45, 2.75) is 25.9 Å². The van der Waals surface area contributed by atoms with Crippen molar-refractivity contribution in [3.05, 3.63) is 69.6 Å². The average Bonchev–Trinajstić information content (AvgIpc) is 2.48. The number of rotatable bonds is 5. The molecule has 0 aliphatic rings. The van der Waals surface area contributed by atoms with Gasteiger partial charge in [-0.2, -0.15) is 0 Å². The first-order valence-corrected chi connectivity index (χ1v) is 7.18. The Morgan fingerprint density at radius 3 is 2.57 bits per heavy atom. The number of carbonyl (C=O) groups is 1. The molecule has 1 heterocycles. The second-order valence-corrected chi connectivity index (χ2v) is 5.18. The van der Waals surface area contributed by atoms with Crippen LogP contribution in [-0.2, 0) is 11.3 Å². The lowest BCUT2D eigenvalue weighted by Crippen LogP contribution is -2.34. The second kappa shape index (κ2) is 7.09. The molecule has 1 atom stereocenters. The number of amides is 1. The number of carbonyl (C=O) groups excluding carboxylic acids is 1. The van der Waals surface area contributed by atoms with Gasteiger partial charge >= 0.3 is 0 Å². The monoisotopic (exact) mass is 304 g/mol. The van der Waals surface area contributed by atoms with E-state index in [2.05, 4.69) is 5.32 Å². The van der Waals surface area contributed by atoms with Gasteiger partial charge in [-0.1, -0.05) is 36.7 Å². The highest BCUT2D eigenvalue weighted by molar-refractivity contribution is 6.30. The molecule has 0 aliphatic carbocycles. The molecule has 0 fully saturated rings. The Morgan fingerprint density at radius 2 is 1.95 bits per heavy atom. The molecular formula is C16H17ClN2O2. The van der Waals surface area contributed by atoms with Crippen LogP contribution in [0.4, 0.5) is 0 Å². The van der Waals surface area contributed by atoms with Gasteiger partial charge in [-0.25, -0.2) is 0 Å². The highest BCUT2D eigenvalue weighted by atomic mass is 35.5. The standard InChI is InChI=1S/C16H17ClN2O2/c1-2-14(12-6-8-13(17)9-7-12)18-15(20)11-19-10-4-3-5-16(19)21/h3-10,14H,2,11H2,1H3,(H,18,20)/t14-/m1/s1. The van der Waals surface area contributed by atoms with Gasteiger partial charge in [0.2, 0.25) is 5.91 Å². The Kier molecular flexibility index (Phi) is 5.17. The first-order valence-electron chi connectivity index (χ1n) is 6.80. The summed E-state index contributed by atoms with van der Waals surface area (Å²) in [7, 11) is 0. The fourth-order valence-corrected chi connectivity index (χ4v) is 2.23. The Hall–Kier alpha value is -2.07. The van der Waals surface area contributed by atoms with Crippen LogP contribution in [0.25, 0.3) is 0 Å². The van der Waals surface area contributed by atoms with E-state index in [0.29, 0.717) is 5.02 Å². The predicted octanol–water partition coefficient (Wildman–Crippen LogP) is 2.77. The summed E-state index contributed by atoms with van der Waals surface area (Å²) in [5.74, 6) is -0.190. The molecule has 1 aromatic carbocycles. The SMILES string of the molecule is CC[C@@H](NC(=O)Cn1ccccc1=O)c1ccc(Cl)cc1. The fourth-order valence-electron chi connectivity index (χ4n) is 2.10. The number of hydrogen-bond donors (Lipinski definition) is 1. The van der Waals surface area contributed by atoms with Crippen LogP contribution in [0.3, 0.4) is 0 Å². The molecule has 5 heteroatoms. The molecule has 4 nitrogen and oxygen atoms in total. The van der Waals surface area contributed by atoms with E-state index in [1.54, 1.807) is 30.5 Å². The first-order chi connectivity index (χ1) is 10.1. The summed E-state index contributed by atoms with van der Waals surface area (Å²) in [4.78, 5) is 23.7. The van der Waals surface area contributed by atoms with Crippen molar-refractivity contribution < 1.29 is 4.79 Å². The number of pyridine rings is 1. The first kappa shape index (κ1) is 15.3. The lowest BCUT2D eigenvalue weighted by molar-refractivity contribution is -0.122. The molecule has 1 N–H and O–H groups in total. The van der Waals surface area contributed by atoms with Gasteiger partial charge in [0.1, 0.15) is 6.54 Å². The van der Waals surface area contributed by atoms with E-state index < -0.39 is 0 Å². The lowest BCUT2D eigenvalue weighted by atomic mass is 10.0. The second-order valence-electron chi connectivity index (χ2n) is 4.75. The Labute approximate surface area is 128 Å². The van der Waals surface area contributed by atoms with Crippen molar-refractivity contribution in [2.24, 2.45) is 0 Å². The van der Waals surface area contributed by atoms with Gasteiger partial charge in [0.15, 0.2) is 0 Å². The minimum atomic E-state index is -0.190. The Bertz CT molecular complexity index is 664. The van der Waals surface area contributed by atoms with Crippen LogP contribution >= 0.6 is 11.6 Å². The van der Waals surface area contributed by atoms with Gasteiger partial charge < -0.3 is 9.88 Å². The minimum Gasteiger partial charge on any atom is -0.348 e. The smallest absolute Gasteiger partial charge is 0.250 e. The highest BCUT2D eigenvalue weighted by Crippen LogP contribution is 2.19. The van der Waals surface area contributed by atoms with Gasteiger partial charge in [-0.05, 0) is 30.2 Å². The molecule has 0 spiro atoms. The van der Waals surface area contributed by atoms with Crippen LogP contribution < -0.4 is 10.9 Å². The summed E-state index contributed by atoms with van der Waals surface area (Å²) in [6.07, 6.45) is 2.36. The zero-order valence-electron chi connectivity index (χ0n) is 11.8. The van der Waals surface area contributed by atoms with E-state index in [4.69, 9.17) is 11.6 Å². The molecular weight excluding hydrogens is 288 g/mol. The van der Waals surface area contributed by atoms with Crippen molar-refractivity contribution in [1.82, 2.24) is 9.88 Å². The molecule has 110 valence electrons. The van der Waals surface area contributed by atoms with E-state index in [9.17, 15) is 9.59 Å². The van der Waals surface area contributed by atoms with Gasteiger partial charge in [-0.3, -0.25) is 9.59 Å². The van der Waals surface area contributed by atoms with Crippen molar-refractivity contribution in [2.75, 3.05) is 0 Å². The van der Waals surface area contributed by atoms with E-state index >= 15 is 0 Å². The molecule has 1 amide bonds. The number of hydrogen-bond acceptors (Lipinski definition) is 2. The number of benzene rings is 1. The van der Waals surface area contributed by atoms with Crippen molar-refractivity contribution in [3.8, 4) is 0 Å². The summed E-state index contributed by atoms with van der Waals surface area (Å²) in [6.45, 7) is 2.01. The summed E-state index contributed by atoms with van der Waals surface area (Å²) < 4.78 is 1.38. The van der Waals surface area contributed by atoms with E-state index in [1.807, 2.05) is 19.1 Å². The third kappa shape index (κ3) is 4.20. The minimum absolute atomic E-state index is 0.0176. The maximum Gasteiger partial charge on any atom is 0.250 e. The van der Waals surface area contributed by atoms with Crippen molar-refractivity contribution in [3.63, 3.8) is 0 Å². The quantitative estimate of drug-likeness (QED) is 0.923. The molecule has 21 heavy (non-hydrogen) atoms. The Balaban J connectivity index is 2.05. The van der Waals surface area contributed by atoms with Gasteiger partial charge in [0.25, 0.3) is 5.56 Å². The van der Waals surface area contributed by atoms with Crippen LogP contribution in [0.5, 0.6) is 0 Å². The van der Waals surface area contributed by atoms with Gasteiger partial charge in [0.05, 0.1) is 6.04 Å². The number of nitrogens with one attached hydrogen (secondary N) is 1. The van der Waals surface area contributed by atoms with E-state index in [-0.39, 0.29) is 24.1 Å². The third-order valence-corrected chi connectivity index (χ3v) is 3.48. The predicted molar refractivity (Wildman–Crippen MR) is 83.3 cm³/mol.